The Bertz CT molecular complexity index is 628. The van der Waals surface area contributed by atoms with Crippen LogP contribution in [-0.2, 0) is 10.5 Å². The maximum atomic E-state index is 11.5. The Morgan fingerprint density at radius 3 is 2.65 bits per heavy atom. The number of hydrogen-bond donors (Lipinski definition) is 2. The van der Waals surface area contributed by atoms with E-state index in [0.29, 0.717) is 6.67 Å². The van der Waals surface area contributed by atoms with Gasteiger partial charge < -0.3 is 27.2 Å². The summed E-state index contributed by atoms with van der Waals surface area (Å²) in [6.45, 7) is 1.32. The Kier molecular flexibility index (Phi) is 5.40. The molecule has 1 aromatic carbocycles. The highest BCUT2D eigenvalue weighted by Crippen LogP contribution is 2.44. The maximum absolute atomic E-state index is 11.5. The first-order chi connectivity index (χ1) is 10.4. The zero-order valence-corrected chi connectivity index (χ0v) is 15.4. The minimum absolute atomic E-state index is 0. The molecule has 2 N–H and O–H groups in total. The van der Waals surface area contributed by atoms with E-state index in [4.69, 9.17) is 0 Å². The molecule has 1 aromatic rings. The summed E-state index contributed by atoms with van der Waals surface area (Å²) >= 11 is 1.45. The standard InChI is InChI=1S/C15H19N3O3S.BrH/c1-16-9-17(2)14-18(10-16)15(21,11-6-4-3-5-7-11)12(22-14)8-13(19)20;/h3-7,12,21H,8-10H2,1-2H3;1H. The van der Waals surface area contributed by atoms with Gasteiger partial charge in [0.1, 0.15) is 18.6 Å². The van der Waals surface area contributed by atoms with E-state index in [-0.39, 0.29) is 23.4 Å². The topological polar surface area (TPSA) is 67.0 Å². The second-order valence-electron chi connectivity index (χ2n) is 5.84. The zero-order chi connectivity index (χ0) is 15.9. The Hall–Kier alpha value is -1.09. The van der Waals surface area contributed by atoms with Crippen molar-refractivity contribution in [2.24, 2.45) is 0 Å². The van der Waals surface area contributed by atoms with E-state index >= 15 is 0 Å². The van der Waals surface area contributed by atoms with Gasteiger partial charge in [0, 0.05) is 5.56 Å². The molecule has 23 heavy (non-hydrogen) atoms. The number of benzene rings is 1. The Morgan fingerprint density at radius 2 is 2.04 bits per heavy atom. The molecule has 2 unspecified atom stereocenters. The van der Waals surface area contributed by atoms with Gasteiger partial charge in [0.25, 0.3) is 0 Å². The van der Waals surface area contributed by atoms with Crippen molar-refractivity contribution in [2.45, 2.75) is 17.4 Å². The number of nitrogens with zero attached hydrogens (tertiary/aromatic N) is 3. The number of amidine groups is 1. The van der Waals surface area contributed by atoms with E-state index in [1.165, 1.54) is 11.8 Å². The predicted octanol–water partition coefficient (Wildman–Crippen LogP) is -2.41. The first kappa shape index (κ1) is 18.3. The molecule has 2 aliphatic heterocycles. The van der Waals surface area contributed by atoms with Crippen LogP contribution in [-0.4, -0.2) is 68.4 Å². The highest BCUT2D eigenvalue weighted by atomic mass is 79.9. The number of carboxylic acids is 1. The van der Waals surface area contributed by atoms with Crippen molar-refractivity contribution in [3.63, 3.8) is 0 Å². The lowest BCUT2D eigenvalue weighted by Crippen LogP contribution is -3.00. The van der Waals surface area contributed by atoms with Crippen molar-refractivity contribution in [3.05, 3.63) is 35.9 Å². The number of aliphatic carboxylic acids is 1. The normalized spacial score (nSPS) is 27.6. The quantitative estimate of drug-likeness (QED) is 0.549. The number of aliphatic hydroxyl groups is 1. The third-order valence-corrected chi connectivity index (χ3v) is 5.58. The van der Waals surface area contributed by atoms with Crippen LogP contribution in [0.25, 0.3) is 0 Å². The lowest BCUT2D eigenvalue weighted by atomic mass is 9.96. The second kappa shape index (κ2) is 6.80. The van der Waals surface area contributed by atoms with Crippen molar-refractivity contribution >= 4 is 22.9 Å². The Morgan fingerprint density at radius 1 is 1.39 bits per heavy atom. The average Bonchev–Trinajstić information content (AvgIpc) is 2.74. The molecule has 8 heteroatoms. The summed E-state index contributed by atoms with van der Waals surface area (Å²) in [6.07, 6.45) is -0.0897. The van der Waals surface area contributed by atoms with Crippen molar-refractivity contribution in [3.8, 4) is 0 Å². The van der Waals surface area contributed by atoms with Crippen LogP contribution in [0, 0.1) is 0 Å². The summed E-state index contributed by atoms with van der Waals surface area (Å²) in [4.78, 5) is 15.4. The molecular weight excluding hydrogens is 382 g/mol. The molecule has 0 fully saturated rings. The number of rotatable bonds is 3. The van der Waals surface area contributed by atoms with Gasteiger partial charge in [-0.05, 0) is 18.8 Å². The summed E-state index contributed by atoms with van der Waals surface area (Å²) in [5.74, 6) is -0.900. The number of halogens is 1. The molecular formula is C15H20BrN3O3S. The number of hydrogen-bond acceptors (Lipinski definition) is 5. The minimum atomic E-state index is -1.32. The van der Waals surface area contributed by atoms with Crippen molar-refractivity contribution in [2.75, 3.05) is 27.4 Å². The zero-order valence-electron chi connectivity index (χ0n) is 13.0. The van der Waals surface area contributed by atoms with E-state index in [1.54, 1.807) is 0 Å². The first-order valence-electron chi connectivity index (χ1n) is 7.13. The largest absolute Gasteiger partial charge is 1.00 e. The molecule has 126 valence electrons. The monoisotopic (exact) mass is 401 g/mol. The molecule has 0 aliphatic carbocycles. The van der Waals surface area contributed by atoms with Crippen molar-refractivity contribution < 1.29 is 36.6 Å². The van der Waals surface area contributed by atoms with Gasteiger partial charge in [0.2, 0.25) is 5.72 Å². The summed E-state index contributed by atoms with van der Waals surface area (Å²) in [5.41, 5.74) is -0.588. The van der Waals surface area contributed by atoms with Crippen molar-refractivity contribution in [1.82, 2.24) is 9.80 Å². The van der Waals surface area contributed by atoms with Gasteiger partial charge in [-0.15, -0.1) is 0 Å². The van der Waals surface area contributed by atoms with Crippen LogP contribution in [0.3, 0.4) is 0 Å². The van der Waals surface area contributed by atoms with E-state index in [1.807, 2.05) is 53.9 Å². The van der Waals surface area contributed by atoms with E-state index in [0.717, 1.165) is 17.4 Å². The number of carboxylic acid groups (broad SMARTS) is 1. The smallest absolute Gasteiger partial charge is 0.313 e. The Labute approximate surface area is 150 Å². The lowest BCUT2D eigenvalue weighted by molar-refractivity contribution is -0.683. The Balaban J connectivity index is 0.00000192. The van der Waals surface area contributed by atoms with Crippen LogP contribution < -0.4 is 17.0 Å². The van der Waals surface area contributed by atoms with Gasteiger partial charge in [-0.25, -0.2) is 14.4 Å². The average molecular weight is 402 g/mol. The van der Waals surface area contributed by atoms with Crippen LogP contribution in [0.2, 0.25) is 0 Å². The molecule has 0 saturated heterocycles. The summed E-state index contributed by atoms with van der Waals surface area (Å²) in [5, 5.41) is 21.2. The molecule has 2 heterocycles. The van der Waals surface area contributed by atoms with Crippen LogP contribution in [0.1, 0.15) is 12.0 Å². The van der Waals surface area contributed by atoms with Gasteiger partial charge in [-0.2, -0.15) is 0 Å². The van der Waals surface area contributed by atoms with Gasteiger partial charge in [0.05, 0.1) is 13.5 Å². The van der Waals surface area contributed by atoms with E-state index in [9.17, 15) is 15.0 Å². The fourth-order valence-corrected chi connectivity index (χ4v) is 4.60. The number of thioether (sulfide) groups is 1. The molecule has 2 aliphatic rings. The fraction of sp³-hybridized carbons (Fsp3) is 0.467. The summed E-state index contributed by atoms with van der Waals surface area (Å²) < 4.78 is 1.91. The molecule has 0 spiro atoms. The molecule has 3 rings (SSSR count). The van der Waals surface area contributed by atoms with E-state index in [2.05, 4.69) is 4.90 Å². The SMILES string of the molecule is CN1CN(C)C2=[N+](C1)C(O)(c1ccccc1)C(CC(=O)O)S2.[Br-]. The molecule has 6 nitrogen and oxygen atoms in total. The highest BCUT2D eigenvalue weighted by Gasteiger charge is 2.57. The third-order valence-electron chi connectivity index (χ3n) is 4.06. The maximum Gasteiger partial charge on any atom is 0.313 e. The fourth-order valence-electron chi connectivity index (χ4n) is 3.13. The van der Waals surface area contributed by atoms with Gasteiger partial charge in [-0.3, -0.25) is 4.79 Å². The molecule has 0 aromatic heterocycles. The molecule has 0 saturated carbocycles. The van der Waals surface area contributed by atoms with Crippen LogP contribution in [0.15, 0.2) is 30.3 Å². The lowest BCUT2D eigenvalue weighted by Gasteiger charge is -2.33. The number of carbonyl (C=O) groups is 1. The molecule has 0 bridgehead atoms. The highest BCUT2D eigenvalue weighted by molar-refractivity contribution is 8.14. The van der Waals surface area contributed by atoms with Crippen LogP contribution >= 0.6 is 11.8 Å². The molecule has 0 amide bonds. The predicted molar refractivity (Wildman–Crippen MR) is 84.5 cm³/mol. The first-order valence-corrected chi connectivity index (χ1v) is 8.01. The summed E-state index contributed by atoms with van der Waals surface area (Å²) in [7, 11) is 3.94. The van der Waals surface area contributed by atoms with Crippen LogP contribution in [0.4, 0.5) is 0 Å². The molecule has 0 radical (unpaired) electrons. The third kappa shape index (κ3) is 3.13. The van der Waals surface area contributed by atoms with Gasteiger partial charge in [0.15, 0.2) is 0 Å². The second-order valence-corrected chi connectivity index (χ2v) is 7.01. The van der Waals surface area contributed by atoms with Gasteiger partial charge >= 0.3 is 11.1 Å². The van der Waals surface area contributed by atoms with Gasteiger partial charge in [-0.1, -0.05) is 30.3 Å². The van der Waals surface area contributed by atoms with Crippen LogP contribution in [0.5, 0.6) is 0 Å². The minimum Gasteiger partial charge on any atom is -1.00 e. The van der Waals surface area contributed by atoms with E-state index < -0.39 is 16.9 Å². The van der Waals surface area contributed by atoms with Crippen molar-refractivity contribution in [1.29, 1.82) is 0 Å². The molecule has 2 atom stereocenters. The summed E-state index contributed by atoms with van der Waals surface area (Å²) in [6, 6.07) is 9.33.